The van der Waals surface area contributed by atoms with E-state index in [1.165, 1.54) is 11.5 Å². The molecule has 27 heavy (non-hydrogen) atoms. The van der Waals surface area contributed by atoms with Gasteiger partial charge in [0, 0.05) is 30.8 Å². The van der Waals surface area contributed by atoms with E-state index in [4.69, 9.17) is 8.94 Å². The van der Waals surface area contributed by atoms with Gasteiger partial charge in [-0.3, -0.25) is 9.36 Å². The first-order valence-corrected chi connectivity index (χ1v) is 8.25. The molecule has 4 aromatic rings. The first-order valence-electron chi connectivity index (χ1n) is 8.25. The summed E-state index contributed by atoms with van der Waals surface area (Å²) in [7, 11) is 1.64. The van der Waals surface area contributed by atoms with Gasteiger partial charge in [-0.25, -0.2) is 4.79 Å². The highest BCUT2D eigenvalue weighted by Crippen LogP contribution is 2.29. The van der Waals surface area contributed by atoms with Crippen molar-refractivity contribution in [2.75, 3.05) is 5.32 Å². The molecule has 8 nitrogen and oxygen atoms in total. The van der Waals surface area contributed by atoms with E-state index < -0.39 is 5.76 Å². The molecule has 1 N–H and O–H groups in total. The summed E-state index contributed by atoms with van der Waals surface area (Å²) in [5.74, 6) is 0.132. The van der Waals surface area contributed by atoms with E-state index in [1.54, 1.807) is 25.2 Å². The molecule has 0 spiro atoms. The third kappa shape index (κ3) is 2.91. The van der Waals surface area contributed by atoms with Gasteiger partial charge in [0.2, 0.25) is 11.7 Å². The van der Waals surface area contributed by atoms with E-state index >= 15 is 0 Å². The van der Waals surface area contributed by atoms with Gasteiger partial charge in [-0.05, 0) is 42.8 Å². The Balaban J connectivity index is 1.74. The Morgan fingerprint density at radius 2 is 2.04 bits per heavy atom. The highest BCUT2D eigenvalue weighted by molar-refractivity contribution is 5.90. The van der Waals surface area contributed by atoms with Crippen molar-refractivity contribution in [2.24, 2.45) is 7.05 Å². The van der Waals surface area contributed by atoms with Gasteiger partial charge in [0.25, 0.3) is 5.89 Å². The number of rotatable bonds is 3. The zero-order valence-corrected chi connectivity index (χ0v) is 14.9. The topological polar surface area (TPSA) is 103 Å². The highest BCUT2D eigenvalue weighted by atomic mass is 16.5. The van der Waals surface area contributed by atoms with Crippen molar-refractivity contribution >= 4 is 22.7 Å². The minimum absolute atomic E-state index is 0.154. The van der Waals surface area contributed by atoms with Crippen molar-refractivity contribution in [3.8, 4) is 22.8 Å². The molecule has 0 aliphatic heterocycles. The maximum Gasteiger partial charge on any atom is 0.419 e. The van der Waals surface area contributed by atoms with Crippen LogP contribution in [0.3, 0.4) is 0 Å². The predicted octanol–water partition coefficient (Wildman–Crippen LogP) is 3.12. The van der Waals surface area contributed by atoms with Crippen LogP contribution in [0.5, 0.6) is 0 Å². The Bertz CT molecular complexity index is 1230. The molecule has 0 fully saturated rings. The molecule has 0 radical (unpaired) electrons. The van der Waals surface area contributed by atoms with Crippen LogP contribution in [-0.4, -0.2) is 20.6 Å². The van der Waals surface area contributed by atoms with Crippen LogP contribution in [0, 0.1) is 6.92 Å². The first kappa shape index (κ1) is 16.8. The Kier molecular flexibility index (Phi) is 3.88. The highest BCUT2D eigenvalue weighted by Gasteiger charge is 2.16. The summed E-state index contributed by atoms with van der Waals surface area (Å²) in [6.45, 7) is 3.32. The molecule has 0 unspecified atom stereocenters. The van der Waals surface area contributed by atoms with Crippen LogP contribution in [0.2, 0.25) is 0 Å². The molecule has 1 amide bonds. The lowest BCUT2D eigenvalue weighted by molar-refractivity contribution is -0.114. The third-order valence-corrected chi connectivity index (χ3v) is 4.35. The Morgan fingerprint density at radius 3 is 2.81 bits per heavy atom. The van der Waals surface area contributed by atoms with Gasteiger partial charge in [-0.2, -0.15) is 4.98 Å². The Hall–Kier alpha value is -3.68. The number of aromatic nitrogens is 3. The lowest BCUT2D eigenvalue weighted by Crippen LogP contribution is -2.08. The normalized spacial score (nSPS) is 11.1. The number of aryl methyl sites for hydroxylation is 1. The van der Waals surface area contributed by atoms with Crippen molar-refractivity contribution in [3.05, 3.63) is 52.5 Å². The summed E-state index contributed by atoms with van der Waals surface area (Å²) in [6.07, 6.45) is 0. The first-order chi connectivity index (χ1) is 12.9. The van der Waals surface area contributed by atoms with E-state index in [2.05, 4.69) is 15.5 Å². The van der Waals surface area contributed by atoms with Crippen molar-refractivity contribution in [1.29, 1.82) is 0 Å². The Morgan fingerprint density at radius 1 is 1.22 bits per heavy atom. The number of hydrogen-bond donors (Lipinski definition) is 1. The van der Waals surface area contributed by atoms with E-state index in [1.807, 2.05) is 25.1 Å². The summed E-state index contributed by atoms with van der Waals surface area (Å²) >= 11 is 0. The van der Waals surface area contributed by atoms with E-state index in [0.717, 1.165) is 11.1 Å². The summed E-state index contributed by atoms with van der Waals surface area (Å²) in [6, 6.07) is 10.7. The average molecular weight is 364 g/mol. The zero-order chi connectivity index (χ0) is 19.1. The molecule has 0 aliphatic rings. The van der Waals surface area contributed by atoms with Gasteiger partial charge in [0.15, 0.2) is 5.58 Å². The summed E-state index contributed by atoms with van der Waals surface area (Å²) in [5, 5.41) is 6.81. The molecule has 2 heterocycles. The monoisotopic (exact) mass is 364 g/mol. The molecule has 0 saturated carbocycles. The SMILES string of the molecule is CC(=O)Nc1cccc(-c2nc(-c3ccc4c(c3)oc(=O)n4C)no2)c1C. The van der Waals surface area contributed by atoms with Crippen LogP contribution in [0.25, 0.3) is 33.9 Å². The van der Waals surface area contributed by atoms with Gasteiger partial charge in [0.05, 0.1) is 5.52 Å². The van der Waals surface area contributed by atoms with Crippen LogP contribution in [0.15, 0.2) is 50.1 Å². The second kappa shape index (κ2) is 6.24. The number of carbonyl (C=O) groups is 1. The van der Waals surface area contributed by atoms with E-state index in [9.17, 15) is 9.59 Å². The molecular weight excluding hydrogens is 348 g/mol. The van der Waals surface area contributed by atoms with Gasteiger partial charge in [-0.1, -0.05) is 11.2 Å². The summed E-state index contributed by atoms with van der Waals surface area (Å²) < 4.78 is 12.0. The fraction of sp³-hybridized carbons (Fsp3) is 0.158. The van der Waals surface area contributed by atoms with Gasteiger partial charge >= 0.3 is 5.76 Å². The number of benzene rings is 2. The second-order valence-corrected chi connectivity index (χ2v) is 6.19. The molecule has 2 aromatic heterocycles. The number of fused-ring (bicyclic) bond motifs is 1. The third-order valence-electron chi connectivity index (χ3n) is 4.35. The van der Waals surface area contributed by atoms with Gasteiger partial charge < -0.3 is 14.3 Å². The van der Waals surface area contributed by atoms with E-state index in [-0.39, 0.29) is 5.91 Å². The van der Waals surface area contributed by atoms with Crippen molar-refractivity contribution in [2.45, 2.75) is 13.8 Å². The smallest absolute Gasteiger partial charge is 0.408 e. The minimum Gasteiger partial charge on any atom is -0.408 e. The number of hydrogen-bond acceptors (Lipinski definition) is 6. The molecular formula is C19H16N4O4. The molecule has 0 atom stereocenters. The Labute approximate surface area is 153 Å². The number of anilines is 1. The fourth-order valence-electron chi connectivity index (χ4n) is 2.92. The lowest BCUT2D eigenvalue weighted by atomic mass is 10.1. The molecule has 4 rings (SSSR count). The van der Waals surface area contributed by atoms with Crippen LogP contribution < -0.4 is 11.1 Å². The molecule has 8 heteroatoms. The summed E-state index contributed by atoms with van der Waals surface area (Å²) in [5.41, 5.74) is 4.05. The predicted molar refractivity (Wildman–Crippen MR) is 99.2 cm³/mol. The van der Waals surface area contributed by atoms with Crippen LogP contribution in [-0.2, 0) is 11.8 Å². The quantitative estimate of drug-likeness (QED) is 0.599. The standard InChI is InChI=1S/C19H16N4O4/c1-10-13(5-4-6-14(10)20-11(2)24)18-21-17(22-27-18)12-7-8-15-16(9-12)26-19(25)23(15)3/h4-9H,1-3H3,(H,20,24). The van der Waals surface area contributed by atoms with Crippen molar-refractivity contribution in [1.82, 2.24) is 14.7 Å². The molecule has 0 aliphatic carbocycles. The number of amides is 1. The van der Waals surface area contributed by atoms with Crippen LogP contribution in [0.4, 0.5) is 5.69 Å². The molecule has 2 aromatic carbocycles. The second-order valence-electron chi connectivity index (χ2n) is 6.19. The number of oxazole rings is 1. The van der Waals surface area contributed by atoms with Crippen molar-refractivity contribution < 1.29 is 13.7 Å². The van der Waals surface area contributed by atoms with Crippen LogP contribution in [0.1, 0.15) is 12.5 Å². The summed E-state index contributed by atoms with van der Waals surface area (Å²) in [4.78, 5) is 27.4. The lowest BCUT2D eigenvalue weighted by Gasteiger charge is -2.08. The maximum atomic E-state index is 11.6. The molecule has 0 bridgehead atoms. The number of nitrogens with zero attached hydrogens (tertiary/aromatic N) is 3. The molecule has 0 saturated heterocycles. The van der Waals surface area contributed by atoms with Gasteiger partial charge in [0.1, 0.15) is 0 Å². The maximum absolute atomic E-state index is 11.6. The average Bonchev–Trinajstić information content (AvgIpc) is 3.22. The van der Waals surface area contributed by atoms with Crippen molar-refractivity contribution in [3.63, 3.8) is 0 Å². The van der Waals surface area contributed by atoms with E-state index in [0.29, 0.717) is 34.1 Å². The number of carbonyl (C=O) groups excluding carboxylic acids is 1. The number of nitrogens with one attached hydrogen (secondary N) is 1. The minimum atomic E-state index is -0.429. The van der Waals surface area contributed by atoms with Crippen LogP contribution >= 0.6 is 0 Å². The fourth-order valence-corrected chi connectivity index (χ4v) is 2.92. The van der Waals surface area contributed by atoms with Gasteiger partial charge in [-0.15, -0.1) is 0 Å². The zero-order valence-electron chi connectivity index (χ0n) is 14.9. The largest absolute Gasteiger partial charge is 0.419 e. The molecule has 136 valence electrons.